The highest BCUT2D eigenvalue weighted by atomic mass is 127. The number of nitriles is 1. The molecule has 0 aliphatic carbocycles. The summed E-state index contributed by atoms with van der Waals surface area (Å²) >= 11 is 0. The van der Waals surface area contributed by atoms with E-state index < -0.39 is 0 Å². The first-order valence-electron chi connectivity index (χ1n) is 7.24. The molecule has 0 heterocycles. The lowest BCUT2D eigenvalue weighted by Gasteiger charge is -2.18. The van der Waals surface area contributed by atoms with E-state index in [1.165, 1.54) is 5.56 Å². The molecular formula is C18H21IN4. The Labute approximate surface area is 154 Å². The highest BCUT2D eigenvalue weighted by Gasteiger charge is 2.06. The quantitative estimate of drug-likeness (QED) is 0.452. The van der Waals surface area contributed by atoms with Crippen molar-refractivity contribution in [2.45, 2.75) is 19.5 Å². The van der Waals surface area contributed by atoms with Gasteiger partial charge in [-0.05, 0) is 30.2 Å². The van der Waals surface area contributed by atoms with Gasteiger partial charge < -0.3 is 10.6 Å². The Bertz CT molecular complexity index is 660. The second-order valence-electron chi connectivity index (χ2n) is 5.01. The lowest BCUT2D eigenvalue weighted by Crippen LogP contribution is -2.38. The molecule has 23 heavy (non-hydrogen) atoms. The summed E-state index contributed by atoms with van der Waals surface area (Å²) in [5, 5.41) is 15.4. The van der Waals surface area contributed by atoms with Crippen LogP contribution in [0.4, 0.5) is 0 Å². The normalized spacial score (nSPS) is 11.8. The third-order valence-corrected chi connectivity index (χ3v) is 3.42. The van der Waals surface area contributed by atoms with Gasteiger partial charge in [0.15, 0.2) is 5.96 Å². The molecule has 0 saturated carbocycles. The van der Waals surface area contributed by atoms with Crippen molar-refractivity contribution < 1.29 is 0 Å². The molecule has 0 amide bonds. The van der Waals surface area contributed by atoms with Crippen molar-refractivity contribution in [3.05, 3.63) is 71.3 Å². The Kier molecular flexibility index (Phi) is 8.13. The predicted octanol–water partition coefficient (Wildman–Crippen LogP) is 3.60. The van der Waals surface area contributed by atoms with Gasteiger partial charge in [0.05, 0.1) is 17.7 Å². The smallest absolute Gasteiger partial charge is 0.191 e. The van der Waals surface area contributed by atoms with E-state index in [4.69, 9.17) is 5.26 Å². The molecule has 5 heteroatoms. The summed E-state index contributed by atoms with van der Waals surface area (Å²) < 4.78 is 0. The molecule has 4 nitrogen and oxygen atoms in total. The molecule has 0 fully saturated rings. The van der Waals surface area contributed by atoms with Gasteiger partial charge in [-0.3, -0.25) is 4.99 Å². The van der Waals surface area contributed by atoms with E-state index in [-0.39, 0.29) is 30.0 Å². The van der Waals surface area contributed by atoms with Crippen molar-refractivity contribution in [2.75, 3.05) is 7.05 Å². The molecule has 0 bridgehead atoms. The van der Waals surface area contributed by atoms with Crippen LogP contribution in [-0.4, -0.2) is 13.0 Å². The van der Waals surface area contributed by atoms with Crippen molar-refractivity contribution in [3.8, 4) is 6.07 Å². The third kappa shape index (κ3) is 5.91. The number of aliphatic imine (C=N–C) groups is 1. The van der Waals surface area contributed by atoms with Crippen molar-refractivity contribution in [1.29, 1.82) is 5.26 Å². The molecule has 2 N–H and O–H groups in total. The molecule has 2 rings (SSSR count). The summed E-state index contributed by atoms with van der Waals surface area (Å²) in [6.07, 6.45) is 0. The predicted molar refractivity (Wildman–Crippen MR) is 105 cm³/mol. The zero-order valence-corrected chi connectivity index (χ0v) is 15.6. The van der Waals surface area contributed by atoms with Crippen molar-refractivity contribution >= 4 is 29.9 Å². The molecule has 0 aliphatic heterocycles. The van der Waals surface area contributed by atoms with Gasteiger partial charge in [0.1, 0.15) is 0 Å². The number of hydrogen-bond donors (Lipinski definition) is 2. The van der Waals surface area contributed by atoms with Crippen LogP contribution in [0.1, 0.15) is 29.7 Å². The second-order valence-corrected chi connectivity index (χ2v) is 5.01. The van der Waals surface area contributed by atoms with Crippen molar-refractivity contribution in [1.82, 2.24) is 10.6 Å². The van der Waals surface area contributed by atoms with Gasteiger partial charge in [-0.1, -0.05) is 42.5 Å². The van der Waals surface area contributed by atoms with E-state index in [1.54, 1.807) is 7.05 Å². The number of nitrogens with one attached hydrogen (secondary N) is 2. The maximum Gasteiger partial charge on any atom is 0.191 e. The van der Waals surface area contributed by atoms with E-state index in [0.717, 1.165) is 11.5 Å². The topological polar surface area (TPSA) is 60.2 Å². The number of rotatable bonds is 4. The molecule has 1 unspecified atom stereocenters. The molecule has 2 aromatic rings. The fourth-order valence-electron chi connectivity index (χ4n) is 2.11. The Morgan fingerprint density at radius 2 is 1.78 bits per heavy atom. The first kappa shape index (κ1) is 19.0. The van der Waals surface area contributed by atoms with Gasteiger partial charge in [0.2, 0.25) is 0 Å². The van der Waals surface area contributed by atoms with Crippen LogP contribution in [0.5, 0.6) is 0 Å². The molecule has 0 radical (unpaired) electrons. The minimum Gasteiger partial charge on any atom is -0.352 e. The van der Waals surface area contributed by atoms with E-state index in [0.29, 0.717) is 12.1 Å². The van der Waals surface area contributed by atoms with Crippen LogP contribution >= 0.6 is 24.0 Å². The zero-order chi connectivity index (χ0) is 15.8. The molecule has 2 aromatic carbocycles. The maximum absolute atomic E-state index is 8.80. The SMILES string of the molecule is CN=C(NCc1ccc(C#N)cc1)NC(C)c1ccccc1.I. The van der Waals surface area contributed by atoms with Gasteiger partial charge in [0.25, 0.3) is 0 Å². The highest BCUT2D eigenvalue weighted by molar-refractivity contribution is 14.0. The average molecular weight is 420 g/mol. The van der Waals surface area contributed by atoms with E-state index >= 15 is 0 Å². The van der Waals surface area contributed by atoms with E-state index in [2.05, 4.69) is 40.8 Å². The van der Waals surface area contributed by atoms with Crippen molar-refractivity contribution in [2.24, 2.45) is 4.99 Å². The van der Waals surface area contributed by atoms with Crippen LogP contribution < -0.4 is 10.6 Å². The van der Waals surface area contributed by atoms with Crippen molar-refractivity contribution in [3.63, 3.8) is 0 Å². The zero-order valence-electron chi connectivity index (χ0n) is 13.3. The number of hydrogen-bond acceptors (Lipinski definition) is 2. The van der Waals surface area contributed by atoms with E-state index in [9.17, 15) is 0 Å². The van der Waals surface area contributed by atoms with Crippen LogP contribution in [0.25, 0.3) is 0 Å². The first-order chi connectivity index (χ1) is 10.7. The molecule has 120 valence electrons. The lowest BCUT2D eigenvalue weighted by atomic mass is 10.1. The van der Waals surface area contributed by atoms with Crippen LogP contribution in [0.3, 0.4) is 0 Å². The van der Waals surface area contributed by atoms with Gasteiger partial charge in [-0.25, -0.2) is 0 Å². The monoisotopic (exact) mass is 420 g/mol. The van der Waals surface area contributed by atoms with Gasteiger partial charge in [0, 0.05) is 13.6 Å². The number of guanidine groups is 1. The summed E-state index contributed by atoms with van der Waals surface area (Å²) in [6.45, 7) is 2.76. The van der Waals surface area contributed by atoms with Crippen LogP contribution in [-0.2, 0) is 6.54 Å². The average Bonchev–Trinajstić information content (AvgIpc) is 2.59. The molecule has 0 spiro atoms. The fraction of sp³-hybridized carbons (Fsp3) is 0.222. The van der Waals surface area contributed by atoms with Gasteiger partial charge in [-0.2, -0.15) is 5.26 Å². The Morgan fingerprint density at radius 1 is 1.13 bits per heavy atom. The van der Waals surface area contributed by atoms with Crippen LogP contribution in [0.2, 0.25) is 0 Å². The Balaban J connectivity index is 0.00000264. The highest BCUT2D eigenvalue weighted by Crippen LogP contribution is 2.10. The maximum atomic E-state index is 8.80. The minimum atomic E-state index is 0. The third-order valence-electron chi connectivity index (χ3n) is 3.42. The molecule has 1 atom stereocenters. The lowest BCUT2D eigenvalue weighted by molar-refractivity contribution is 0.685. The summed E-state index contributed by atoms with van der Waals surface area (Å²) in [5.74, 6) is 0.751. The number of halogens is 1. The fourth-order valence-corrected chi connectivity index (χ4v) is 2.11. The summed E-state index contributed by atoms with van der Waals surface area (Å²) in [6, 6.07) is 20.1. The van der Waals surface area contributed by atoms with E-state index in [1.807, 2.05) is 42.5 Å². The van der Waals surface area contributed by atoms with Crippen LogP contribution in [0.15, 0.2) is 59.6 Å². The summed E-state index contributed by atoms with van der Waals surface area (Å²) in [5.41, 5.74) is 2.99. The largest absolute Gasteiger partial charge is 0.352 e. The molecule has 0 saturated heterocycles. The molecule has 0 aromatic heterocycles. The standard InChI is InChI=1S/C18H20N4.HI/c1-14(17-6-4-3-5-7-17)22-18(20-2)21-13-16-10-8-15(12-19)9-11-16;/h3-11,14H,13H2,1-2H3,(H2,20,21,22);1H. The Hall–Kier alpha value is -2.07. The first-order valence-corrected chi connectivity index (χ1v) is 7.24. The number of benzene rings is 2. The number of nitrogens with zero attached hydrogens (tertiary/aromatic N) is 2. The van der Waals surface area contributed by atoms with Gasteiger partial charge in [-0.15, -0.1) is 24.0 Å². The van der Waals surface area contributed by atoms with Gasteiger partial charge >= 0.3 is 0 Å². The minimum absolute atomic E-state index is 0. The second kappa shape index (κ2) is 9.85. The van der Waals surface area contributed by atoms with Crippen LogP contribution in [0, 0.1) is 11.3 Å². The molecule has 0 aliphatic rings. The Morgan fingerprint density at radius 3 is 2.35 bits per heavy atom. The molecular weight excluding hydrogens is 399 g/mol. The summed E-state index contributed by atoms with van der Waals surface area (Å²) in [7, 11) is 1.76. The summed E-state index contributed by atoms with van der Waals surface area (Å²) in [4.78, 5) is 4.24.